The van der Waals surface area contributed by atoms with Crippen molar-refractivity contribution in [3.63, 3.8) is 0 Å². The monoisotopic (exact) mass is 214 g/mol. The Hall–Kier alpha value is -0.120. The first kappa shape index (κ1) is 12.9. The Bertz CT molecular complexity index is 204. The smallest absolute Gasteiger partial charge is 0.0607 e. The lowest BCUT2D eigenvalue weighted by Gasteiger charge is -2.53. The Kier molecular flexibility index (Phi) is 3.80. The fourth-order valence-corrected chi connectivity index (χ4v) is 2.47. The Morgan fingerprint density at radius 2 is 1.93 bits per heavy atom. The zero-order valence-electron chi connectivity index (χ0n) is 10.8. The average molecular weight is 214 g/mol. The molecule has 0 aromatic heterocycles. The molecule has 3 heteroatoms. The highest BCUT2D eigenvalue weighted by molar-refractivity contribution is 5.04. The van der Waals surface area contributed by atoms with Gasteiger partial charge in [-0.15, -0.1) is 0 Å². The van der Waals surface area contributed by atoms with Crippen LogP contribution in [0.15, 0.2) is 0 Å². The van der Waals surface area contributed by atoms with E-state index in [1.807, 2.05) is 0 Å². The maximum Gasteiger partial charge on any atom is 0.0607 e. The standard InChI is InChI=1S/C12H26N2O/c1-11(2,3)9-14(4)12(8-13)6-10(7-12)15-5/h10H,6-9,13H2,1-5H3. The molecule has 3 nitrogen and oxygen atoms in total. The van der Waals surface area contributed by atoms with Crippen molar-refractivity contribution in [2.45, 2.75) is 45.3 Å². The molecule has 0 atom stereocenters. The van der Waals surface area contributed by atoms with E-state index in [1.54, 1.807) is 7.11 Å². The minimum atomic E-state index is 0.188. The number of rotatable bonds is 4. The molecule has 1 saturated carbocycles. The van der Waals surface area contributed by atoms with E-state index >= 15 is 0 Å². The number of ether oxygens (including phenoxy) is 1. The molecule has 1 fully saturated rings. The predicted octanol–water partition coefficient (Wildman–Crippen LogP) is 1.47. The SMILES string of the molecule is COC1CC(CN)(N(C)CC(C)(C)C)C1. The lowest BCUT2D eigenvalue weighted by molar-refractivity contribution is -0.0857. The van der Waals surface area contributed by atoms with Crippen molar-refractivity contribution in [2.24, 2.45) is 11.1 Å². The fraction of sp³-hybridized carbons (Fsp3) is 1.00. The highest BCUT2D eigenvalue weighted by Crippen LogP contribution is 2.39. The van der Waals surface area contributed by atoms with Gasteiger partial charge in [-0.2, -0.15) is 0 Å². The van der Waals surface area contributed by atoms with Gasteiger partial charge < -0.3 is 10.5 Å². The normalized spacial score (nSPS) is 31.8. The quantitative estimate of drug-likeness (QED) is 0.770. The van der Waals surface area contributed by atoms with E-state index in [0.29, 0.717) is 11.5 Å². The lowest BCUT2D eigenvalue weighted by Crippen LogP contribution is -2.63. The van der Waals surface area contributed by atoms with Crippen LogP contribution < -0.4 is 5.73 Å². The van der Waals surface area contributed by atoms with Crippen LogP contribution in [0.1, 0.15) is 33.6 Å². The maximum atomic E-state index is 5.91. The highest BCUT2D eigenvalue weighted by atomic mass is 16.5. The third-order valence-corrected chi connectivity index (χ3v) is 3.45. The second-order valence-electron chi connectivity index (χ2n) is 6.11. The fourth-order valence-electron chi connectivity index (χ4n) is 2.47. The zero-order chi connectivity index (χ0) is 11.7. The number of likely N-dealkylation sites (N-methyl/N-ethyl adjacent to an activating group) is 1. The third kappa shape index (κ3) is 2.92. The van der Waals surface area contributed by atoms with Crippen LogP contribution in [0.2, 0.25) is 0 Å². The molecule has 1 aliphatic rings. The lowest BCUT2D eigenvalue weighted by atomic mass is 9.72. The van der Waals surface area contributed by atoms with Crippen molar-refractivity contribution in [3.8, 4) is 0 Å². The molecular formula is C12H26N2O. The molecule has 1 rings (SSSR count). The molecule has 0 aromatic rings. The van der Waals surface area contributed by atoms with Crippen molar-refractivity contribution in [3.05, 3.63) is 0 Å². The molecule has 0 saturated heterocycles. The third-order valence-electron chi connectivity index (χ3n) is 3.45. The van der Waals surface area contributed by atoms with Crippen molar-refractivity contribution < 1.29 is 4.74 Å². The summed E-state index contributed by atoms with van der Waals surface area (Å²) in [6.45, 7) is 8.61. The van der Waals surface area contributed by atoms with Crippen LogP contribution in [0, 0.1) is 5.41 Å². The first-order valence-electron chi connectivity index (χ1n) is 5.77. The topological polar surface area (TPSA) is 38.5 Å². The number of methoxy groups -OCH3 is 1. The largest absolute Gasteiger partial charge is 0.381 e. The van der Waals surface area contributed by atoms with Gasteiger partial charge in [0.15, 0.2) is 0 Å². The highest BCUT2D eigenvalue weighted by Gasteiger charge is 2.46. The number of nitrogens with two attached hydrogens (primary N) is 1. The van der Waals surface area contributed by atoms with Crippen molar-refractivity contribution >= 4 is 0 Å². The number of hydrogen-bond donors (Lipinski definition) is 1. The Labute approximate surface area is 94.0 Å². The van der Waals surface area contributed by atoms with Crippen LogP contribution in [0.25, 0.3) is 0 Å². The molecule has 2 N–H and O–H groups in total. The van der Waals surface area contributed by atoms with Crippen molar-refractivity contribution in [1.29, 1.82) is 0 Å². The Morgan fingerprint density at radius 3 is 2.27 bits per heavy atom. The minimum Gasteiger partial charge on any atom is -0.381 e. The molecule has 0 unspecified atom stereocenters. The van der Waals surface area contributed by atoms with Gasteiger partial charge in [0.1, 0.15) is 0 Å². The molecule has 0 aromatic carbocycles. The summed E-state index contributed by atoms with van der Waals surface area (Å²) >= 11 is 0. The molecule has 1 aliphatic carbocycles. The molecule has 0 aliphatic heterocycles. The van der Waals surface area contributed by atoms with Gasteiger partial charge in [-0.3, -0.25) is 4.90 Å². The van der Waals surface area contributed by atoms with Gasteiger partial charge in [0, 0.05) is 25.7 Å². The second-order valence-corrected chi connectivity index (χ2v) is 6.11. The van der Waals surface area contributed by atoms with Crippen LogP contribution in [0.4, 0.5) is 0 Å². The van der Waals surface area contributed by atoms with E-state index in [9.17, 15) is 0 Å². The van der Waals surface area contributed by atoms with Gasteiger partial charge in [0.05, 0.1) is 6.10 Å². The first-order chi connectivity index (χ1) is 6.83. The van der Waals surface area contributed by atoms with Gasteiger partial charge in [0.25, 0.3) is 0 Å². The van der Waals surface area contributed by atoms with Gasteiger partial charge >= 0.3 is 0 Å². The minimum absolute atomic E-state index is 0.188. The summed E-state index contributed by atoms with van der Waals surface area (Å²) in [5.41, 5.74) is 6.43. The Balaban J connectivity index is 2.53. The molecule has 0 radical (unpaired) electrons. The summed E-state index contributed by atoms with van der Waals surface area (Å²) < 4.78 is 5.34. The summed E-state index contributed by atoms with van der Waals surface area (Å²) in [6, 6.07) is 0. The van der Waals surface area contributed by atoms with Crippen LogP contribution in [0.3, 0.4) is 0 Å². The summed E-state index contributed by atoms with van der Waals surface area (Å²) in [6.07, 6.45) is 2.56. The van der Waals surface area contributed by atoms with Crippen molar-refractivity contribution in [1.82, 2.24) is 4.90 Å². The predicted molar refractivity (Wildman–Crippen MR) is 63.9 cm³/mol. The summed E-state index contributed by atoms with van der Waals surface area (Å²) in [5, 5.41) is 0. The van der Waals surface area contributed by atoms with Crippen LogP contribution in [-0.2, 0) is 4.74 Å². The first-order valence-corrected chi connectivity index (χ1v) is 5.77. The van der Waals surface area contributed by atoms with Crippen LogP contribution in [0.5, 0.6) is 0 Å². The molecular weight excluding hydrogens is 188 g/mol. The van der Waals surface area contributed by atoms with Gasteiger partial charge in [-0.05, 0) is 25.3 Å². The maximum absolute atomic E-state index is 5.91. The molecule has 0 heterocycles. The molecule has 0 spiro atoms. The number of hydrogen-bond acceptors (Lipinski definition) is 3. The van der Waals surface area contributed by atoms with E-state index in [-0.39, 0.29) is 5.54 Å². The van der Waals surface area contributed by atoms with E-state index in [1.165, 1.54) is 0 Å². The summed E-state index contributed by atoms with van der Waals surface area (Å²) in [5.74, 6) is 0. The van der Waals surface area contributed by atoms with E-state index in [0.717, 1.165) is 25.9 Å². The molecule has 0 bridgehead atoms. The Morgan fingerprint density at radius 1 is 1.40 bits per heavy atom. The molecule has 0 amide bonds. The van der Waals surface area contributed by atoms with Gasteiger partial charge in [-0.25, -0.2) is 0 Å². The van der Waals surface area contributed by atoms with Crippen molar-refractivity contribution in [2.75, 3.05) is 27.2 Å². The number of nitrogens with zero attached hydrogens (tertiary/aromatic N) is 1. The zero-order valence-corrected chi connectivity index (χ0v) is 10.8. The average Bonchev–Trinajstić information content (AvgIpc) is 2.00. The summed E-state index contributed by atoms with van der Waals surface area (Å²) in [4.78, 5) is 2.42. The molecule has 15 heavy (non-hydrogen) atoms. The van der Waals surface area contributed by atoms with E-state index < -0.39 is 0 Å². The van der Waals surface area contributed by atoms with Crippen LogP contribution in [-0.4, -0.2) is 43.8 Å². The van der Waals surface area contributed by atoms with Crippen LogP contribution >= 0.6 is 0 Å². The summed E-state index contributed by atoms with van der Waals surface area (Å²) in [7, 11) is 3.97. The van der Waals surface area contributed by atoms with E-state index in [2.05, 4.69) is 32.7 Å². The molecule has 90 valence electrons. The van der Waals surface area contributed by atoms with Gasteiger partial charge in [-0.1, -0.05) is 20.8 Å². The second kappa shape index (κ2) is 4.40. The van der Waals surface area contributed by atoms with Gasteiger partial charge in [0.2, 0.25) is 0 Å². The van der Waals surface area contributed by atoms with E-state index in [4.69, 9.17) is 10.5 Å².